The lowest BCUT2D eigenvalue weighted by Crippen LogP contribution is -2.25. The molecule has 0 saturated heterocycles. The number of aliphatic hydroxyl groups excluding tert-OH is 1. The molecule has 0 spiro atoms. The molecule has 0 radical (unpaired) electrons. The summed E-state index contributed by atoms with van der Waals surface area (Å²) < 4.78 is 10.3. The number of carbonyl (C=O) groups excluding carboxylic acids is 2. The van der Waals surface area contributed by atoms with Crippen molar-refractivity contribution in [3.8, 4) is 0 Å². The van der Waals surface area contributed by atoms with Crippen molar-refractivity contribution < 1.29 is 24.2 Å². The van der Waals surface area contributed by atoms with Crippen LogP contribution < -0.4 is 0 Å². The predicted molar refractivity (Wildman–Crippen MR) is 187 cm³/mol. The zero-order valence-corrected chi connectivity index (χ0v) is 29.2. The Hall–Kier alpha value is -1.62. The van der Waals surface area contributed by atoms with Crippen LogP contribution in [-0.2, 0) is 19.1 Å². The Balaban J connectivity index is 3.44. The largest absolute Gasteiger partial charge is 0.463 e. The van der Waals surface area contributed by atoms with E-state index in [4.69, 9.17) is 9.47 Å². The van der Waals surface area contributed by atoms with Gasteiger partial charge in [0.05, 0.1) is 0 Å². The molecule has 0 saturated carbocycles. The highest BCUT2D eigenvalue weighted by atomic mass is 16.6. The Kier molecular flexibility index (Phi) is 34.5. The van der Waals surface area contributed by atoms with Crippen molar-refractivity contribution in [1.29, 1.82) is 0 Å². The van der Waals surface area contributed by atoms with Crippen LogP contribution >= 0.6 is 0 Å². The first-order valence-electron chi connectivity index (χ1n) is 18.9. The summed E-state index contributed by atoms with van der Waals surface area (Å²) in [6, 6.07) is 0. The minimum absolute atomic E-state index is 0.117. The molecule has 5 nitrogen and oxygen atoms in total. The Morgan fingerprint density at radius 3 is 1.20 bits per heavy atom. The standard InChI is InChI=1S/C39H72O5/c1-3-5-7-9-11-13-15-17-19-21-23-25-27-29-31-33-38(41)43-35-37(40)36-44-39(42)34-32-30-28-26-24-22-20-18-16-14-12-10-8-6-4-2/h11,13,17,19,37,40H,3-10,12,14-16,18,20-36H2,1-2H3/b13-11+,19-17+. The fourth-order valence-electron chi connectivity index (χ4n) is 5.29. The van der Waals surface area contributed by atoms with Crippen LogP contribution in [0.4, 0.5) is 0 Å². The molecular formula is C39H72O5. The molecule has 0 amide bonds. The molecule has 0 aliphatic carbocycles. The molecule has 0 aromatic heterocycles. The molecule has 1 N–H and O–H groups in total. The third-order valence-electron chi connectivity index (χ3n) is 8.19. The predicted octanol–water partition coefficient (Wildman–Crippen LogP) is 11.5. The Bertz CT molecular complexity index is 671. The normalized spacial score (nSPS) is 12.3. The highest BCUT2D eigenvalue weighted by molar-refractivity contribution is 5.69. The van der Waals surface area contributed by atoms with Gasteiger partial charge in [0.2, 0.25) is 0 Å². The molecule has 0 aliphatic rings. The van der Waals surface area contributed by atoms with Gasteiger partial charge in [0, 0.05) is 12.8 Å². The van der Waals surface area contributed by atoms with Crippen molar-refractivity contribution in [2.24, 2.45) is 0 Å². The minimum atomic E-state index is -0.964. The van der Waals surface area contributed by atoms with Crippen LogP contribution in [0.15, 0.2) is 24.3 Å². The maximum atomic E-state index is 11.9. The third-order valence-corrected chi connectivity index (χ3v) is 8.19. The lowest BCUT2D eigenvalue weighted by molar-refractivity contribution is -0.152. The molecule has 5 heteroatoms. The maximum absolute atomic E-state index is 11.9. The zero-order valence-electron chi connectivity index (χ0n) is 29.2. The fraction of sp³-hybridized carbons (Fsp3) is 0.846. The van der Waals surface area contributed by atoms with Crippen LogP contribution in [0.5, 0.6) is 0 Å². The van der Waals surface area contributed by atoms with Crippen LogP contribution in [-0.4, -0.2) is 36.4 Å². The number of unbranched alkanes of at least 4 members (excludes halogenated alkanes) is 22. The van der Waals surface area contributed by atoms with Crippen molar-refractivity contribution in [3.63, 3.8) is 0 Å². The van der Waals surface area contributed by atoms with Gasteiger partial charge in [-0.15, -0.1) is 0 Å². The first kappa shape index (κ1) is 42.4. The average Bonchev–Trinajstić information content (AvgIpc) is 3.02. The van der Waals surface area contributed by atoms with E-state index >= 15 is 0 Å². The molecule has 0 rings (SSSR count). The van der Waals surface area contributed by atoms with Gasteiger partial charge in [-0.25, -0.2) is 0 Å². The van der Waals surface area contributed by atoms with Crippen molar-refractivity contribution in [2.75, 3.05) is 13.2 Å². The highest BCUT2D eigenvalue weighted by Crippen LogP contribution is 2.14. The summed E-state index contributed by atoms with van der Waals surface area (Å²) in [5, 5.41) is 9.99. The summed E-state index contributed by atoms with van der Waals surface area (Å²) in [5.41, 5.74) is 0. The molecule has 0 bridgehead atoms. The molecule has 1 unspecified atom stereocenters. The summed E-state index contributed by atoms with van der Waals surface area (Å²) in [5.74, 6) is -0.575. The second-order valence-electron chi connectivity index (χ2n) is 12.7. The minimum Gasteiger partial charge on any atom is -0.463 e. The Morgan fingerprint density at radius 1 is 0.477 bits per heavy atom. The molecule has 0 aliphatic heterocycles. The van der Waals surface area contributed by atoms with Gasteiger partial charge in [-0.3, -0.25) is 9.59 Å². The van der Waals surface area contributed by atoms with Crippen LogP contribution in [0.3, 0.4) is 0 Å². The van der Waals surface area contributed by atoms with Crippen molar-refractivity contribution in [1.82, 2.24) is 0 Å². The maximum Gasteiger partial charge on any atom is 0.305 e. The molecular weight excluding hydrogens is 548 g/mol. The molecule has 0 aromatic rings. The number of carbonyl (C=O) groups is 2. The molecule has 258 valence electrons. The highest BCUT2D eigenvalue weighted by Gasteiger charge is 2.12. The van der Waals surface area contributed by atoms with Gasteiger partial charge in [-0.1, -0.05) is 160 Å². The van der Waals surface area contributed by atoms with Gasteiger partial charge in [-0.2, -0.15) is 0 Å². The lowest BCUT2D eigenvalue weighted by atomic mass is 10.0. The first-order chi connectivity index (χ1) is 21.6. The Labute approximate surface area is 273 Å². The third kappa shape index (κ3) is 34.9. The number of hydrogen-bond acceptors (Lipinski definition) is 5. The van der Waals surface area contributed by atoms with E-state index in [0.717, 1.165) is 51.4 Å². The quantitative estimate of drug-likeness (QED) is 0.0440. The van der Waals surface area contributed by atoms with Gasteiger partial charge in [0.25, 0.3) is 0 Å². The number of allylic oxidation sites excluding steroid dienone is 4. The van der Waals surface area contributed by atoms with Gasteiger partial charge in [-0.05, 0) is 44.9 Å². The zero-order chi connectivity index (χ0) is 32.2. The van der Waals surface area contributed by atoms with E-state index in [1.54, 1.807) is 0 Å². The summed E-state index contributed by atoms with van der Waals surface area (Å²) in [7, 11) is 0. The second-order valence-corrected chi connectivity index (χ2v) is 12.7. The number of aliphatic hydroxyl groups is 1. The van der Waals surface area contributed by atoms with E-state index in [2.05, 4.69) is 38.2 Å². The summed E-state index contributed by atoms with van der Waals surface area (Å²) >= 11 is 0. The monoisotopic (exact) mass is 621 g/mol. The molecule has 0 heterocycles. The SMILES string of the molecule is CCCCC/C=C/C/C=C/CCCCCCCC(=O)OCC(O)COC(=O)CCCCCCCCCCCCCCCCC. The fourth-order valence-corrected chi connectivity index (χ4v) is 5.29. The average molecular weight is 621 g/mol. The number of hydrogen-bond donors (Lipinski definition) is 1. The topological polar surface area (TPSA) is 72.8 Å². The summed E-state index contributed by atoms with van der Waals surface area (Å²) in [6.07, 6.45) is 40.8. The van der Waals surface area contributed by atoms with Crippen LogP contribution in [0.2, 0.25) is 0 Å². The van der Waals surface area contributed by atoms with Crippen LogP contribution in [0.25, 0.3) is 0 Å². The van der Waals surface area contributed by atoms with E-state index in [-0.39, 0.29) is 25.2 Å². The molecule has 0 aromatic carbocycles. The lowest BCUT2D eigenvalue weighted by Gasteiger charge is -2.12. The van der Waals surface area contributed by atoms with Gasteiger partial charge in [0.15, 0.2) is 0 Å². The van der Waals surface area contributed by atoms with Gasteiger partial charge < -0.3 is 14.6 Å². The summed E-state index contributed by atoms with van der Waals surface area (Å²) in [4.78, 5) is 23.9. The van der Waals surface area contributed by atoms with E-state index in [0.29, 0.717) is 12.8 Å². The first-order valence-corrected chi connectivity index (χ1v) is 18.9. The van der Waals surface area contributed by atoms with Crippen molar-refractivity contribution in [3.05, 3.63) is 24.3 Å². The van der Waals surface area contributed by atoms with E-state index < -0.39 is 6.10 Å². The smallest absolute Gasteiger partial charge is 0.305 e. The van der Waals surface area contributed by atoms with Crippen LogP contribution in [0, 0.1) is 0 Å². The van der Waals surface area contributed by atoms with E-state index in [1.165, 1.54) is 116 Å². The van der Waals surface area contributed by atoms with Gasteiger partial charge in [0.1, 0.15) is 19.3 Å². The molecule has 44 heavy (non-hydrogen) atoms. The number of esters is 2. The molecule has 1 atom stereocenters. The Morgan fingerprint density at radius 2 is 0.795 bits per heavy atom. The van der Waals surface area contributed by atoms with Crippen molar-refractivity contribution >= 4 is 11.9 Å². The second kappa shape index (κ2) is 35.9. The number of ether oxygens (including phenoxy) is 2. The summed E-state index contributed by atoms with van der Waals surface area (Å²) in [6.45, 7) is 4.27. The van der Waals surface area contributed by atoms with E-state index in [9.17, 15) is 14.7 Å². The van der Waals surface area contributed by atoms with Crippen molar-refractivity contribution in [2.45, 2.75) is 200 Å². The van der Waals surface area contributed by atoms with Crippen LogP contribution in [0.1, 0.15) is 194 Å². The van der Waals surface area contributed by atoms with Gasteiger partial charge >= 0.3 is 11.9 Å². The number of rotatable bonds is 34. The molecule has 0 fully saturated rings. The van der Waals surface area contributed by atoms with E-state index in [1.807, 2.05) is 0 Å².